The van der Waals surface area contributed by atoms with Crippen LogP contribution in [0.25, 0.3) is 10.2 Å². The third-order valence-corrected chi connectivity index (χ3v) is 5.77. The van der Waals surface area contributed by atoms with Gasteiger partial charge in [0.25, 0.3) is 0 Å². The Bertz CT molecular complexity index is 784. The summed E-state index contributed by atoms with van der Waals surface area (Å²) < 4.78 is 2.08. The molecule has 2 aromatic carbocycles. The van der Waals surface area contributed by atoms with Crippen LogP contribution < -0.4 is 0 Å². The highest BCUT2D eigenvalue weighted by Crippen LogP contribution is 2.29. The van der Waals surface area contributed by atoms with Gasteiger partial charge >= 0.3 is 0 Å². The molecule has 1 amide bonds. The van der Waals surface area contributed by atoms with Gasteiger partial charge in [-0.1, -0.05) is 47.6 Å². The molecule has 118 valence electrons. The molecule has 3 aromatic rings. The number of carbonyl (C=O) groups excluding carboxylic acids is 1. The zero-order chi connectivity index (χ0) is 16.2. The summed E-state index contributed by atoms with van der Waals surface area (Å²) in [4.78, 5) is 18.5. The van der Waals surface area contributed by atoms with Crippen molar-refractivity contribution in [2.24, 2.45) is 0 Å². The number of amides is 1. The van der Waals surface area contributed by atoms with Crippen molar-refractivity contribution in [1.29, 1.82) is 0 Å². The molecule has 3 rings (SSSR count). The first-order valence-electron chi connectivity index (χ1n) is 7.08. The van der Waals surface area contributed by atoms with Crippen molar-refractivity contribution in [3.8, 4) is 0 Å². The summed E-state index contributed by atoms with van der Waals surface area (Å²) in [5.41, 5.74) is 2.05. The average molecular weight is 363 g/mol. The van der Waals surface area contributed by atoms with Crippen molar-refractivity contribution in [2.75, 3.05) is 12.8 Å². The maximum Gasteiger partial charge on any atom is 0.233 e. The van der Waals surface area contributed by atoms with Gasteiger partial charge in [0.05, 0.1) is 16.0 Å². The van der Waals surface area contributed by atoms with Gasteiger partial charge in [0.15, 0.2) is 4.34 Å². The largest absolute Gasteiger partial charge is 0.341 e. The number of hydrogen-bond acceptors (Lipinski definition) is 4. The third kappa shape index (κ3) is 4.25. The second kappa shape index (κ2) is 7.34. The Kier molecular flexibility index (Phi) is 5.20. The Morgan fingerprint density at radius 1 is 1.22 bits per heavy atom. The van der Waals surface area contributed by atoms with E-state index in [1.807, 2.05) is 55.6 Å². The lowest BCUT2D eigenvalue weighted by atomic mass is 10.2. The van der Waals surface area contributed by atoms with Gasteiger partial charge in [-0.05, 0) is 29.8 Å². The lowest BCUT2D eigenvalue weighted by molar-refractivity contribution is -0.127. The van der Waals surface area contributed by atoms with Crippen LogP contribution in [0.15, 0.2) is 52.9 Å². The highest BCUT2D eigenvalue weighted by molar-refractivity contribution is 8.01. The number of hydrogen-bond donors (Lipinski definition) is 0. The van der Waals surface area contributed by atoms with E-state index in [0.29, 0.717) is 17.3 Å². The second-order valence-electron chi connectivity index (χ2n) is 5.11. The minimum atomic E-state index is 0.0872. The zero-order valence-electron chi connectivity index (χ0n) is 12.5. The van der Waals surface area contributed by atoms with Crippen LogP contribution in [0.1, 0.15) is 5.56 Å². The summed E-state index contributed by atoms with van der Waals surface area (Å²) in [6, 6.07) is 15.6. The third-order valence-electron chi connectivity index (χ3n) is 3.35. The Labute approximate surface area is 148 Å². The fraction of sp³-hybridized carbons (Fsp3) is 0.176. The fourth-order valence-electron chi connectivity index (χ4n) is 2.10. The van der Waals surface area contributed by atoms with E-state index in [-0.39, 0.29) is 5.91 Å². The molecule has 0 N–H and O–H groups in total. The predicted molar refractivity (Wildman–Crippen MR) is 98.3 cm³/mol. The van der Waals surface area contributed by atoms with Gasteiger partial charge in [0, 0.05) is 18.6 Å². The molecule has 3 nitrogen and oxygen atoms in total. The number of benzene rings is 2. The van der Waals surface area contributed by atoms with Crippen molar-refractivity contribution >= 4 is 50.8 Å². The number of thioether (sulfide) groups is 1. The molecule has 0 fully saturated rings. The topological polar surface area (TPSA) is 33.2 Å². The SMILES string of the molecule is CN(Cc1ccc(Cl)cc1)C(=O)CSc1nc2ccccc2s1. The normalized spacial score (nSPS) is 10.9. The van der Waals surface area contributed by atoms with Gasteiger partial charge in [-0.25, -0.2) is 4.98 Å². The van der Waals surface area contributed by atoms with E-state index >= 15 is 0 Å². The Morgan fingerprint density at radius 2 is 1.96 bits per heavy atom. The molecule has 0 aliphatic rings. The van der Waals surface area contributed by atoms with Gasteiger partial charge in [-0.3, -0.25) is 4.79 Å². The number of thiazole rings is 1. The Morgan fingerprint density at radius 3 is 2.70 bits per heavy atom. The first-order chi connectivity index (χ1) is 11.1. The predicted octanol–water partition coefficient (Wildman–Crippen LogP) is 4.70. The lowest BCUT2D eigenvalue weighted by Gasteiger charge is -2.16. The molecule has 1 aromatic heterocycles. The molecular weight excluding hydrogens is 348 g/mol. The Balaban J connectivity index is 1.56. The van der Waals surface area contributed by atoms with Gasteiger partial charge < -0.3 is 4.90 Å². The van der Waals surface area contributed by atoms with Crippen LogP contribution in [0.4, 0.5) is 0 Å². The summed E-state index contributed by atoms with van der Waals surface area (Å²) in [5.74, 6) is 0.480. The van der Waals surface area contributed by atoms with Crippen molar-refractivity contribution in [3.05, 3.63) is 59.1 Å². The molecule has 0 aliphatic carbocycles. The summed E-state index contributed by atoms with van der Waals surface area (Å²) in [5, 5.41) is 0.703. The number of fused-ring (bicyclic) bond motifs is 1. The number of para-hydroxylation sites is 1. The van der Waals surface area contributed by atoms with E-state index in [1.165, 1.54) is 11.8 Å². The van der Waals surface area contributed by atoms with Crippen LogP contribution in [0.5, 0.6) is 0 Å². The fourth-order valence-corrected chi connectivity index (χ4v) is 4.23. The Hall–Kier alpha value is -1.56. The molecule has 0 saturated heterocycles. The van der Waals surface area contributed by atoms with Crippen LogP contribution in [0, 0.1) is 0 Å². The molecule has 0 radical (unpaired) electrons. The lowest BCUT2D eigenvalue weighted by Crippen LogP contribution is -2.27. The molecule has 0 atom stereocenters. The monoisotopic (exact) mass is 362 g/mol. The number of carbonyl (C=O) groups is 1. The number of aromatic nitrogens is 1. The molecule has 1 heterocycles. The molecule has 0 unspecified atom stereocenters. The van der Waals surface area contributed by atoms with Crippen LogP contribution in [-0.2, 0) is 11.3 Å². The first-order valence-corrected chi connectivity index (χ1v) is 9.26. The average Bonchev–Trinajstić information content (AvgIpc) is 2.97. The molecule has 0 bridgehead atoms. The van der Waals surface area contributed by atoms with Crippen molar-refractivity contribution < 1.29 is 4.79 Å². The minimum Gasteiger partial charge on any atom is -0.341 e. The summed E-state index contributed by atoms with van der Waals surface area (Å²) >= 11 is 8.99. The highest BCUT2D eigenvalue weighted by atomic mass is 35.5. The molecule has 23 heavy (non-hydrogen) atoms. The second-order valence-corrected chi connectivity index (χ2v) is 7.80. The van der Waals surface area contributed by atoms with E-state index in [9.17, 15) is 4.79 Å². The van der Waals surface area contributed by atoms with Gasteiger partial charge in [-0.15, -0.1) is 11.3 Å². The van der Waals surface area contributed by atoms with Crippen molar-refractivity contribution in [2.45, 2.75) is 10.9 Å². The van der Waals surface area contributed by atoms with E-state index in [2.05, 4.69) is 4.98 Å². The van der Waals surface area contributed by atoms with Crippen LogP contribution in [0.3, 0.4) is 0 Å². The standard InChI is InChI=1S/C17H15ClN2OS2/c1-20(10-12-6-8-13(18)9-7-12)16(21)11-22-17-19-14-4-2-3-5-15(14)23-17/h2-9H,10-11H2,1H3. The van der Waals surface area contributed by atoms with Crippen LogP contribution in [-0.4, -0.2) is 28.6 Å². The number of nitrogens with zero attached hydrogens (tertiary/aromatic N) is 2. The highest BCUT2D eigenvalue weighted by Gasteiger charge is 2.12. The summed E-state index contributed by atoms with van der Waals surface area (Å²) in [7, 11) is 1.82. The zero-order valence-corrected chi connectivity index (χ0v) is 14.9. The van der Waals surface area contributed by atoms with Gasteiger partial charge in [0.2, 0.25) is 5.91 Å². The molecule has 6 heteroatoms. The molecule has 0 spiro atoms. The summed E-state index contributed by atoms with van der Waals surface area (Å²) in [6.07, 6.45) is 0. The van der Waals surface area contributed by atoms with Crippen LogP contribution in [0.2, 0.25) is 5.02 Å². The molecular formula is C17H15ClN2OS2. The smallest absolute Gasteiger partial charge is 0.233 e. The number of rotatable bonds is 5. The van der Waals surface area contributed by atoms with Gasteiger partial charge in [-0.2, -0.15) is 0 Å². The van der Waals surface area contributed by atoms with Crippen molar-refractivity contribution in [3.63, 3.8) is 0 Å². The molecule has 0 saturated carbocycles. The number of halogens is 1. The maximum absolute atomic E-state index is 12.3. The van der Waals surface area contributed by atoms with E-state index < -0.39 is 0 Å². The summed E-state index contributed by atoms with van der Waals surface area (Å²) in [6.45, 7) is 0.580. The van der Waals surface area contributed by atoms with E-state index in [1.54, 1.807) is 16.2 Å². The first kappa shape index (κ1) is 16.3. The van der Waals surface area contributed by atoms with Gasteiger partial charge in [0.1, 0.15) is 0 Å². The molecule has 0 aliphatic heterocycles. The van der Waals surface area contributed by atoms with E-state index in [4.69, 9.17) is 11.6 Å². The minimum absolute atomic E-state index is 0.0872. The van der Waals surface area contributed by atoms with E-state index in [0.717, 1.165) is 20.1 Å². The van der Waals surface area contributed by atoms with Crippen molar-refractivity contribution in [1.82, 2.24) is 9.88 Å². The maximum atomic E-state index is 12.3. The van der Waals surface area contributed by atoms with Crippen LogP contribution >= 0.6 is 34.7 Å². The quantitative estimate of drug-likeness (QED) is 0.617.